The van der Waals surface area contributed by atoms with E-state index in [-0.39, 0.29) is 25.0 Å². The number of hydrogen-bond acceptors (Lipinski definition) is 4. The van der Waals surface area contributed by atoms with Crippen LogP contribution in [0.2, 0.25) is 0 Å². The molecule has 0 aromatic carbocycles. The number of nitrogens with one attached hydrogen (secondary N) is 1. The van der Waals surface area contributed by atoms with Crippen molar-refractivity contribution in [2.24, 2.45) is 7.05 Å². The van der Waals surface area contributed by atoms with Crippen LogP contribution in [0.1, 0.15) is 16.1 Å². The van der Waals surface area contributed by atoms with Gasteiger partial charge in [0.05, 0.1) is 11.6 Å². The van der Waals surface area contributed by atoms with Gasteiger partial charge in [-0.1, -0.05) is 0 Å². The van der Waals surface area contributed by atoms with Gasteiger partial charge in [-0.05, 0) is 22.9 Å². The number of rotatable bonds is 3. The number of aryl methyl sites for hydroxylation is 1. The van der Waals surface area contributed by atoms with Gasteiger partial charge >= 0.3 is 0 Å². The minimum atomic E-state index is -3.68. The Morgan fingerprint density at radius 2 is 2.11 bits per heavy atom. The van der Waals surface area contributed by atoms with Gasteiger partial charge in [-0.25, -0.2) is 0 Å². The van der Waals surface area contributed by atoms with Crippen LogP contribution in [-0.4, -0.2) is 47.5 Å². The molecule has 1 amide bonds. The first-order valence-electron chi connectivity index (χ1n) is 5.40. The summed E-state index contributed by atoms with van der Waals surface area (Å²) in [7, 11) is 3.23. The number of carbonyl (C=O) groups is 1. The van der Waals surface area contributed by atoms with E-state index in [1.807, 2.05) is 0 Å². The molecular formula is C9H12BrClN4O3S. The lowest BCUT2D eigenvalue weighted by atomic mass is 10.1. The molecule has 0 aliphatic carbocycles. The summed E-state index contributed by atoms with van der Waals surface area (Å²) < 4.78 is 25.1. The van der Waals surface area contributed by atoms with E-state index in [1.165, 1.54) is 0 Å². The zero-order valence-electron chi connectivity index (χ0n) is 10.2. The summed E-state index contributed by atoms with van der Waals surface area (Å²) in [6.07, 6.45) is 0. The van der Waals surface area contributed by atoms with Crippen LogP contribution in [0, 0.1) is 6.92 Å². The second-order valence-electron chi connectivity index (χ2n) is 4.30. The first kappa shape index (κ1) is 14.8. The zero-order chi connectivity index (χ0) is 14.4. The molecule has 2 heterocycles. The maximum Gasteiger partial charge on any atom is 0.299 e. The van der Waals surface area contributed by atoms with Crippen LogP contribution in [0.5, 0.6) is 0 Å². The van der Waals surface area contributed by atoms with Crippen molar-refractivity contribution in [1.29, 1.82) is 0 Å². The van der Waals surface area contributed by atoms with Gasteiger partial charge in [-0.2, -0.15) is 17.8 Å². The van der Waals surface area contributed by atoms with Crippen LogP contribution in [0.15, 0.2) is 4.60 Å². The van der Waals surface area contributed by atoms with E-state index in [0.29, 0.717) is 10.2 Å². The molecule has 0 atom stereocenters. The number of halogens is 2. The second kappa shape index (κ2) is 5.04. The van der Waals surface area contributed by atoms with Crippen molar-refractivity contribution in [3.8, 4) is 0 Å². The number of amides is 1. The maximum atomic E-state index is 12.1. The molecule has 10 heteroatoms. The monoisotopic (exact) mass is 370 g/mol. The molecule has 1 aromatic heterocycles. The summed E-state index contributed by atoms with van der Waals surface area (Å²) in [4.78, 5) is 12.1. The highest BCUT2D eigenvalue weighted by Crippen LogP contribution is 2.20. The van der Waals surface area contributed by atoms with Gasteiger partial charge in [-0.15, -0.1) is 0 Å². The summed E-state index contributed by atoms with van der Waals surface area (Å²) in [5.74, 6) is -0.283. The predicted molar refractivity (Wildman–Crippen MR) is 73.2 cm³/mol. The van der Waals surface area contributed by atoms with Crippen LogP contribution in [0.25, 0.3) is 0 Å². The van der Waals surface area contributed by atoms with Crippen LogP contribution in [0.3, 0.4) is 0 Å². The summed E-state index contributed by atoms with van der Waals surface area (Å²) in [5.41, 5.74) is 1.18. The average molecular weight is 372 g/mol. The lowest BCUT2D eigenvalue weighted by Gasteiger charge is -2.36. The Hall–Kier alpha value is -0.640. The molecule has 0 radical (unpaired) electrons. The third kappa shape index (κ3) is 2.93. The summed E-state index contributed by atoms with van der Waals surface area (Å²) >= 11 is 3.22. The molecule has 0 bridgehead atoms. The SMILES string of the molecule is Cc1c(C(=O)NC2CN(S(=O)(=O)Cl)C2)c(Br)nn1C. The molecule has 1 saturated heterocycles. The van der Waals surface area contributed by atoms with Crippen molar-refractivity contribution in [2.45, 2.75) is 13.0 Å². The van der Waals surface area contributed by atoms with Gasteiger partial charge in [-0.3, -0.25) is 9.48 Å². The van der Waals surface area contributed by atoms with Crippen molar-refractivity contribution in [2.75, 3.05) is 13.1 Å². The van der Waals surface area contributed by atoms with Crippen molar-refractivity contribution < 1.29 is 13.2 Å². The minimum absolute atomic E-state index is 0.189. The Bertz CT molecular complexity index is 624. The second-order valence-corrected chi connectivity index (χ2v) is 7.57. The zero-order valence-corrected chi connectivity index (χ0v) is 13.4. The Kier molecular flexibility index (Phi) is 3.92. The molecule has 0 spiro atoms. The summed E-state index contributed by atoms with van der Waals surface area (Å²) in [6.45, 7) is 2.16. The molecule has 1 fully saturated rings. The quantitative estimate of drug-likeness (QED) is 0.779. The highest BCUT2D eigenvalue weighted by molar-refractivity contribution is 9.10. The standard InChI is InChI=1S/C9H12BrClN4O3S/c1-5-7(8(10)13-14(5)2)9(16)12-6-3-15(4-6)19(11,17)18/h6H,3-4H2,1-2H3,(H,12,16). The molecule has 19 heavy (non-hydrogen) atoms. The molecule has 1 aliphatic heterocycles. The molecule has 7 nitrogen and oxygen atoms in total. The van der Waals surface area contributed by atoms with Crippen LogP contribution < -0.4 is 5.32 Å². The molecule has 106 valence electrons. The van der Waals surface area contributed by atoms with Gasteiger partial charge in [0.1, 0.15) is 4.60 Å². The van der Waals surface area contributed by atoms with Crippen molar-refractivity contribution in [3.63, 3.8) is 0 Å². The van der Waals surface area contributed by atoms with Gasteiger partial charge in [0, 0.05) is 36.5 Å². The van der Waals surface area contributed by atoms with Crippen LogP contribution >= 0.6 is 26.6 Å². The number of carbonyl (C=O) groups excluding carboxylic acids is 1. The first-order chi connectivity index (χ1) is 8.70. The fourth-order valence-electron chi connectivity index (χ4n) is 1.79. The normalized spacial score (nSPS) is 17.3. The Morgan fingerprint density at radius 1 is 1.53 bits per heavy atom. The highest BCUT2D eigenvalue weighted by Gasteiger charge is 2.36. The molecule has 0 saturated carbocycles. The smallest absolute Gasteiger partial charge is 0.299 e. The summed E-state index contributed by atoms with van der Waals surface area (Å²) in [6, 6.07) is -0.229. The van der Waals surface area contributed by atoms with Crippen molar-refractivity contribution >= 4 is 41.8 Å². The highest BCUT2D eigenvalue weighted by atomic mass is 79.9. The predicted octanol–water partition coefficient (Wildman–Crippen LogP) is 0.389. The van der Waals surface area contributed by atoms with E-state index < -0.39 is 9.24 Å². The average Bonchev–Trinajstić information content (AvgIpc) is 2.44. The molecular weight excluding hydrogens is 360 g/mol. The van der Waals surface area contributed by atoms with Gasteiger partial charge in [0.2, 0.25) is 0 Å². The number of aromatic nitrogens is 2. The van der Waals surface area contributed by atoms with E-state index in [0.717, 1.165) is 10.00 Å². The lowest BCUT2D eigenvalue weighted by Crippen LogP contribution is -2.59. The summed E-state index contributed by atoms with van der Waals surface area (Å²) in [5, 5.41) is 6.82. The van der Waals surface area contributed by atoms with Crippen molar-refractivity contribution in [1.82, 2.24) is 19.4 Å². The molecule has 1 aromatic rings. The van der Waals surface area contributed by atoms with E-state index >= 15 is 0 Å². The lowest BCUT2D eigenvalue weighted by molar-refractivity contribution is 0.0895. The van der Waals surface area contributed by atoms with E-state index in [1.54, 1.807) is 18.7 Å². The Labute approximate surface area is 123 Å². The topological polar surface area (TPSA) is 84.3 Å². The molecule has 2 rings (SSSR count). The van der Waals surface area contributed by atoms with Crippen LogP contribution in [-0.2, 0) is 16.3 Å². The largest absolute Gasteiger partial charge is 0.346 e. The van der Waals surface area contributed by atoms with Gasteiger partial charge < -0.3 is 5.32 Å². The van der Waals surface area contributed by atoms with Crippen molar-refractivity contribution in [3.05, 3.63) is 15.9 Å². The van der Waals surface area contributed by atoms with E-state index in [9.17, 15) is 13.2 Å². The number of hydrogen-bond donors (Lipinski definition) is 1. The van der Waals surface area contributed by atoms with Crippen LogP contribution in [0.4, 0.5) is 0 Å². The maximum absolute atomic E-state index is 12.1. The molecule has 0 unspecified atom stereocenters. The minimum Gasteiger partial charge on any atom is -0.346 e. The third-order valence-corrected chi connectivity index (χ3v) is 5.07. The van der Waals surface area contributed by atoms with Gasteiger partial charge in [0.15, 0.2) is 0 Å². The Morgan fingerprint density at radius 3 is 2.53 bits per heavy atom. The first-order valence-corrected chi connectivity index (χ1v) is 8.45. The Balaban J connectivity index is 2.01. The fraction of sp³-hybridized carbons (Fsp3) is 0.556. The van der Waals surface area contributed by atoms with E-state index in [4.69, 9.17) is 10.7 Å². The number of nitrogens with zero attached hydrogens (tertiary/aromatic N) is 3. The molecule has 1 aliphatic rings. The third-order valence-electron chi connectivity index (χ3n) is 3.01. The fourth-order valence-corrected chi connectivity index (χ4v) is 3.55. The molecule has 1 N–H and O–H groups in total. The van der Waals surface area contributed by atoms with Gasteiger partial charge in [0.25, 0.3) is 15.1 Å². The van der Waals surface area contributed by atoms with E-state index in [2.05, 4.69) is 26.3 Å².